The first-order chi connectivity index (χ1) is 16.2. The number of likely N-dealkylation sites (N-methyl/N-ethyl adjacent to an activating group) is 1. The van der Waals surface area contributed by atoms with E-state index in [9.17, 15) is 14.4 Å². The topological polar surface area (TPSA) is 87.7 Å². The fourth-order valence-corrected chi connectivity index (χ4v) is 4.15. The molecule has 2 aromatic rings. The van der Waals surface area contributed by atoms with Crippen LogP contribution >= 0.6 is 11.6 Å². The molecule has 0 aromatic heterocycles. The molecule has 0 saturated heterocycles. The van der Waals surface area contributed by atoms with Crippen LogP contribution in [0.2, 0.25) is 5.02 Å². The Balaban J connectivity index is 2.44. The van der Waals surface area contributed by atoms with Gasteiger partial charge in [-0.1, -0.05) is 53.1 Å². The Morgan fingerprint density at radius 3 is 2.17 bits per heavy atom. The van der Waals surface area contributed by atoms with E-state index in [4.69, 9.17) is 16.3 Å². The number of hydrogen-bond donors (Lipinski definition) is 2. The maximum atomic E-state index is 13.7. The zero-order chi connectivity index (χ0) is 26.5. The monoisotopic (exact) mass is 501 g/mol. The van der Waals surface area contributed by atoms with Crippen molar-refractivity contribution in [3.63, 3.8) is 0 Å². The van der Waals surface area contributed by atoms with Gasteiger partial charge in [-0.25, -0.2) is 4.79 Å². The summed E-state index contributed by atoms with van der Waals surface area (Å²) in [6.07, 6.45) is -0.700. The lowest BCUT2D eigenvalue weighted by Crippen LogP contribution is -2.51. The highest BCUT2D eigenvalue weighted by Gasteiger charge is 2.34. The predicted octanol–water partition coefficient (Wildman–Crippen LogP) is 5.71. The minimum atomic E-state index is -0.940. The van der Waals surface area contributed by atoms with E-state index in [1.54, 1.807) is 46.8 Å². The lowest BCUT2D eigenvalue weighted by molar-refractivity contribution is -0.140. The lowest BCUT2D eigenvalue weighted by atomic mass is 9.98. The van der Waals surface area contributed by atoms with Gasteiger partial charge >= 0.3 is 6.09 Å². The SMILES string of the molecule is CCN(C(=O)C(C)NC(=O)OC(C)(C)C)C(C(=O)Nc1c(C)cccc1Cl)c1cc(C)cc(C)c1. The fourth-order valence-electron chi connectivity index (χ4n) is 3.88. The van der Waals surface area contributed by atoms with Crippen LogP contribution in [0.3, 0.4) is 0 Å². The summed E-state index contributed by atoms with van der Waals surface area (Å²) in [6.45, 7) is 14.6. The summed E-state index contributed by atoms with van der Waals surface area (Å²) in [6, 6.07) is 9.28. The van der Waals surface area contributed by atoms with Gasteiger partial charge in [0.15, 0.2) is 0 Å². The van der Waals surface area contributed by atoms with E-state index in [1.807, 2.05) is 45.0 Å². The Morgan fingerprint density at radius 1 is 1.06 bits per heavy atom. The lowest BCUT2D eigenvalue weighted by Gasteiger charge is -2.33. The second-order valence-corrected chi connectivity index (χ2v) is 10.1. The van der Waals surface area contributed by atoms with Crippen molar-refractivity contribution in [2.75, 3.05) is 11.9 Å². The number of carbonyl (C=O) groups is 3. The zero-order valence-electron chi connectivity index (χ0n) is 21.8. The van der Waals surface area contributed by atoms with Crippen LogP contribution in [0.5, 0.6) is 0 Å². The van der Waals surface area contributed by atoms with Crippen molar-refractivity contribution in [3.8, 4) is 0 Å². The molecule has 8 heteroatoms. The Hall–Kier alpha value is -3.06. The van der Waals surface area contributed by atoms with Gasteiger partial charge in [-0.15, -0.1) is 0 Å². The Kier molecular flexibility index (Phi) is 9.32. The van der Waals surface area contributed by atoms with Crippen LogP contribution in [0.4, 0.5) is 10.5 Å². The van der Waals surface area contributed by atoms with Gasteiger partial charge in [0.1, 0.15) is 17.7 Å². The number of amides is 3. The maximum absolute atomic E-state index is 13.7. The van der Waals surface area contributed by atoms with Crippen LogP contribution < -0.4 is 10.6 Å². The summed E-state index contributed by atoms with van der Waals surface area (Å²) in [5.74, 6) is -0.806. The van der Waals surface area contributed by atoms with E-state index < -0.39 is 35.6 Å². The first-order valence-corrected chi connectivity index (χ1v) is 12.1. The summed E-state index contributed by atoms with van der Waals surface area (Å²) >= 11 is 6.35. The number of nitrogens with zero attached hydrogens (tertiary/aromatic N) is 1. The standard InChI is InChI=1S/C27H36ClN3O4/c1-9-31(25(33)19(5)29-26(34)35-27(6,7)8)23(20-14-16(2)13-17(3)15-20)24(32)30-22-18(4)11-10-12-21(22)28/h10-15,19,23H,9H2,1-8H3,(H,29,34)(H,30,32). The van der Waals surface area contributed by atoms with Gasteiger partial charge in [-0.05, 0) is 72.6 Å². The number of carbonyl (C=O) groups excluding carboxylic acids is 3. The fraction of sp³-hybridized carbons (Fsp3) is 0.444. The van der Waals surface area contributed by atoms with Gasteiger partial charge in [-0.3, -0.25) is 9.59 Å². The molecule has 0 aliphatic rings. The Morgan fingerprint density at radius 2 is 1.66 bits per heavy atom. The number of anilines is 1. The van der Waals surface area contributed by atoms with Gasteiger partial charge < -0.3 is 20.3 Å². The number of halogens is 1. The number of aryl methyl sites for hydroxylation is 3. The first kappa shape index (κ1) is 28.2. The second-order valence-electron chi connectivity index (χ2n) is 9.74. The average Bonchev–Trinajstić information content (AvgIpc) is 2.71. The van der Waals surface area contributed by atoms with Crippen LogP contribution in [0.25, 0.3) is 0 Å². The van der Waals surface area contributed by atoms with Gasteiger partial charge in [0.2, 0.25) is 5.91 Å². The molecule has 190 valence electrons. The third kappa shape index (κ3) is 7.72. The summed E-state index contributed by atoms with van der Waals surface area (Å²) in [5, 5.41) is 5.91. The first-order valence-electron chi connectivity index (χ1n) is 11.7. The molecule has 0 fully saturated rings. The van der Waals surface area contributed by atoms with E-state index in [0.717, 1.165) is 16.7 Å². The minimum absolute atomic E-state index is 0.242. The molecular formula is C27H36ClN3O4. The summed E-state index contributed by atoms with van der Waals surface area (Å²) < 4.78 is 5.29. The number of ether oxygens (including phenoxy) is 1. The van der Waals surface area contributed by atoms with Crippen LogP contribution in [-0.4, -0.2) is 41.0 Å². The highest BCUT2D eigenvalue weighted by atomic mass is 35.5. The molecule has 2 unspecified atom stereocenters. The van der Waals surface area contributed by atoms with Crippen molar-refractivity contribution in [1.29, 1.82) is 0 Å². The molecule has 0 spiro atoms. The molecule has 2 N–H and O–H groups in total. The molecule has 2 atom stereocenters. The van der Waals surface area contributed by atoms with E-state index in [1.165, 1.54) is 4.90 Å². The molecule has 35 heavy (non-hydrogen) atoms. The van der Waals surface area contributed by atoms with Crippen molar-refractivity contribution >= 4 is 35.2 Å². The van der Waals surface area contributed by atoms with Crippen LogP contribution in [0, 0.1) is 20.8 Å². The third-order valence-corrected chi connectivity index (χ3v) is 5.63. The van der Waals surface area contributed by atoms with Gasteiger partial charge in [0, 0.05) is 6.54 Å². The number of alkyl carbamates (subject to hydrolysis) is 1. The van der Waals surface area contributed by atoms with E-state index in [-0.39, 0.29) is 6.54 Å². The molecule has 0 saturated carbocycles. The highest BCUT2D eigenvalue weighted by Crippen LogP contribution is 2.30. The highest BCUT2D eigenvalue weighted by molar-refractivity contribution is 6.34. The Bertz CT molecular complexity index is 1050. The van der Waals surface area contributed by atoms with Crippen LogP contribution in [0.15, 0.2) is 36.4 Å². The zero-order valence-corrected chi connectivity index (χ0v) is 22.5. The largest absolute Gasteiger partial charge is 0.444 e. The predicted molar refractivity (Wildman–Crippen MR) is 140 cm³/mol. The van der Waals surface area contributed by atoms with Crippen molar-refractivity contribution in [2.45, 2.75) is 73.1 Å². The van der Waals surface area contributed by atoms with Gasteiger partial charge in [0.25, 0.3) is 5.91 Å². The van der Waals surface area contributed by atoms with Crippen molar-refractivity contribution < 1.29 is 19.1 Å². The molecule has 2 rings (SSSR count). The average molecular weight is 502 g/mol. The van der Waals surface area contributed by atoms with Gasteiger partial charge in [0.05, 0.1) is 10.7 Å². The van der Waals surface area contributed by atoms with E-state index >= 15 is 0 Å². The summed E-state index contributed by atoms with van der Waals surface area (Å²) in [7, 11) is 0. The van der Waals surface area contributed by atoms with Gasteiger partial charge in [-0.2, -0.15) is 0 Å². The maximum Gasteiger partial charge on any atom is 0.408 e. The second kappa shape index (κ2) is 11.6. The number of para-hydroxylation sites is 1. The van der Waals surface area contributed by atoms with E-state index in [2.05, 4.69) is 10.6 Å². The molecule has 0 radical (unpaired) electrons. The summed E-state index contributed by atoms with van der Waals surface area (Å²) in [4.78, 5) is 40.9. The normalized spacial score (nSPS) is 12.9. The number of nitrogens with one attached hydrogen (secondary N) is 2. The molecule has 0 bridgehead atoms. The van der Waals surface area contributed by atoms with Crippen LogP contribution in [-0.2, 0) is 14.3 Å². The molecular weight excluding hydrogens is 466 g/mol. The minimum Gasteiger partial charge on any atom is -0.444 e. The van der Waals surface area contributed by atoms with Crippen molar-refractivity contribution in [2.24, 2.45) is 0 Å². The van der Waals surface area contributed by atoms with E-state index in [0.29, 0.717) is 16.3 Å². The quantitative estimate of drug-likeness (QED) is 0.509. The summed E-state index contributed by atoms with van der Waals surface area (Å²) in [5.41, 5.74) is 3.21. The Labute approximate surface area is 213 Å². The molecule has 3 amide bonds. The smallest absolute Gasteiger partial charge is 0.408 e. The molecule has 2 aromatic carbocycles. The molecule has 0 aliphatic heterocycles. The van der Waals surface area contributed by atoms with Crippen molar-refractivity contribution in [3.05, 3.63) is 63.7 Å². The van der Waals surface area contributed by atoms with Crippen LogP contribution in [0.1, 0.15) is 62.9 Å². The van der Waals surface area contributed by atoms with Crippen molar-refractivity contribution in [1.82, 2.24) is 10.2 Å². The number of hydrogen-bond acceptors (Lipinski definition) is 4. The molecule has 7 nitrogen and oxygen atoms in total. The third-order valence-electron chi connectivity index (χ3n) is 5.32. The molecule has 0 aliphatic carbocycles. The number of benzene rings is 2. The molecule has 0 heterocycles. The number of rotatable bonds is 7.